The van der Waals surface area contributed by atoms with E-state index in [4.69, 9.17) is 9.47 Å². The topological polar surface area (TPSA) is 52.6 Å². The van der Waals surface area contributed by atoms with Gasteiger partial charge in [0.2, 0.25) is 0 Å². The molecular weight excluding hydrogens is 268 g/mol. The number of Topliss-reactive ketones (excluding diaryl/α,β-unsaturated/α-hetero) is 1. The average molecular weight is 292 g/mol. The largest absolute Gasteiger partial charge is 0.496 e. The third-order valence-corrected chi connectivity index (χ3v) is 3.28. The number of carbonyl (C=O) groups is 2. The van der Waals surface area contributed by atoms with Gasteiger partial charge in [-0.1, -0.05) is 26.2 Å². The third kappa shape index (κ3) is 5.98. The molecule has 0 aromatic heterocycles. The zero-order valence-electron chi connectivity index (χ0n) is 13.1. The molecular formula is C17H24O4. The van der Waals surface area contributed by atoms with E-state index in [0.29, 0.717) is 23.5 Å². The number of ketones is 1. The Morgan fingerprint density at radius 2 is 1.90 bits per heavy atom. The van der Waals surface area contributed by atoms with E-state index in [1.165, 1.54) is 6.92 Å². The Hall–Kier alpha value is -1.84. The molecule has 0 unspecified atom stereocenters. The van der Waals surface area contributed by atoms with Crippen molar-refractivity contribution in [2.75, 3.05) is 13.7 Å². The van der Waals surface area contributed by atoms with Gasteiger partial charge in [0.1, 0.15) is 5.75 Å². The molecule has 0 bridgehead atoms. The molecule has 0 heterocycles. The lowest BCUT2D eigenvalue weighted by molar-refractivity contribution is -0.143. The smallest absolute Gasteiger partial charge is 0.310 e. The summed E-state index contributed by atoms with van der Waals surface area (Å²) in [4.78, 5) is 23.2. The predicted molar refractivity (Wildman–Crippen MR) is 81.8 cm³/mol. The van der Waals surface area contributed by atoms with Crippen molar-refractivity contribution in [1.29, 1.82) is 0 Å². The van der Waals surface area contributed by atoms with Crippen LogP contribution >= 0.6 is 0 Å². The van der Waals surface area contributed by atoms with Crippen LogP contribution in [0, 0.1) is 0 Å². The van der Waals surface area contributed by atoms with Gasteiger partial charge in [0.25, 0.3) is 0 Å². The van der Waals surface area contributed by atoms with Gasteiger partial charge in [0.15, 0.2) is 5.78 Å². The standard InChI is InChI=1S/C17H24O4/c1-4-5-6-7-10-21-17(19)12-15-11-14(13(2)18)8-9-16(15)20-3/h8-9,11H,4-7,10,12H2,1-3H3. The van der Waals surface area contributed by atoms with Crippen molar-refractivity contribution < 1.29 is 19.1 Å². The van der Waals surface area contributed by atoms with E-state index in [1.54, 1.807) is 25.3 Å². The highest BCUT2D eigenvalue weighted by Gasteiger charge is 2.12. The van der Waals surface area contributed by atoms with E-state index >= 15 is 0 Å². The number of hydrogen-bond donors (Lipinski definition) is 0. The molecule has 0 aliphatic heterocycles. The maximum atomic E-state index is 11.8. The predicted octanol–water partition coefficient (Wildman–Crippen LogP) is 3.56. The molecule has 1 aromatic rings. The van der Waals surface area contributed by atoms with Gasteiger partial charge in [-0.05, 0) is 31.5 Å². The molecule has 21 heavy (non-hydrogen) atoms. The van der Waals surface area contributed by atoms with Crippen LogP contribution in [0.5, 0.6) is 5.75 Å². The monoisotopic (exact) mass is 292 g/mol. The van der Waals surface area contributed by atoms with Crippen molar-refractivity contribution in [3.63, 3.8) is 0 Å². The van der Waals surface area contributed by atoms with E-state index in [0.717, 1.165) is 25.7 Å². The minimum absolute atomic E-state index is 0.0353. The lowest BCUT2D eigenvalue weighted by atomic mass is 10.0. The van der Waals surface area contributed by atoms with Gasteiger partial charge in [0.05, 0.1) is 20.1 Å². The highest BCUT2D eigenvalue weighted by atomic mass is 16.5. The fraction of sp³-hybridized carbons (Fsp3) is 0.529. The first-order chi connectivity index (χ1) is 10.1. The number of ether oxygens (including phenoxy) is 2. The molecule has 0 saturated heterocycles. The molecule has 0 saturated carbocycles. The first kappa shape index (κ1) is 17.2. The van der Waals surface area contributed by atoms with Crippen molar-refractivity contribution in [2.45, 2.75) is 46.0 Å². The molecule has 0 radical (unpaired) electrons. The summed E-state index contributed by atoms with van der Waals surface area (Å²) in [6, 6.07) is 5.10. The molecule has 0 spiro atoms. The lowest BCUT2D eigenvalue weighted by Crippen LogP contribution is -2.10. The zero-order chi connectivity index (χ0) is 15.7. The Labute approximate surface area is 126 Å². The Morgan fingerprint density at radius 1 is 1.14 bits per heavy atom. The summed E-state index contributed by atoms with van der Waals surface area (Å²) in [5.74, 6) is 0.278. The summed E-state index contributed by atoms with van der Waals surface area (Å²) in [6.45, 7) is 4.09. The van der Waals surface area contributed by atoms with Crippen LogP contribution in [0.15, 0.2) is 18.2 Å². The zero-order valence-corrected chi connectivity index (χ0v) is 13.1. The summed E-state index contributed by atoms with van der Waals surface area (Å²) in [5, 5.41) is 0. The van der Waals surface area contributed by atoms with Crippen LogP contribution in [0.4, 0.5) is 0 Å². The van der Waals surface area contributed by atoms with Gasteiger partial charge >= 0.3 is 5.97 Å². The molecule has 116 valence electrons. The van der Waals surface area contributed by atoms with Crippen molar-refractivity contribution in [3.05, 3.63) is 29.3 Å². The fourth-order valence-corrected chi connectivity index (χ4v) is 2.06. The van der Waals surface area contributed by atoms with Crippen molar-refractivity contribution in [2.24, 2.45) is 0 Å². The summed E-state index contributed by atoms with van der Waals surface area (Å²) in [5.41, 5.74) is 1.25. The van der Waals surface area contributed by atoms with Crippen molar-refractivity contribution in [3.8, 4) is 5.75 Å². The lowest BCUT2D eigenvalue weighted by Gasteiger charge is -2.10. The van der Waals surface area contributed by atoms with Crippen LogP contribution in [-0.2, 0) is 16.0 Å². The fourth-order valence-electron chi connectivity index (χ4n) is 2.06. The van der Waals surface area contributed by atoms with Crippen LogP contribution in [-0.4, -0.2) is 25.5 Å². The van der Waals surface area contributed by atoms with E-state index in [-0.39, 0.29) is 18.2 Å². The molecule has 0 atom stereocenters. The van der Waals surface area contributed by atoms with Gasteiger partial charge in [-0.15, -0.1) is 0 Å². The van der Waals surface area contributed by atoms with Gasteiger partial charge in [0, 0.05) is 11.1 Å². The summed E-state index contributed by atoms with van der Waals surface area (Å²) in [6.07, 6.45) is 4.41. The maximum Gasteiger partial charge on any atom is 0.310 e. The van der Waals surface area contributed by atoms with Crippen molar-refractivity contribution >= 4 is 11.8 Å². The van der Waals surface area contributed by atoms with E-state index in [9.17, 15) is 9.59 Å². The van der Waals surface area contributed by atoms with Crippen LogP contribution in [0.3, 0.4) is 0 Å². The minimum Gasteiger partial charge on any atom is -0.496 e. The van der Waals surface area contributed by atoms with Crippen LogP contribution in [0.25, 0.3) is 0 Å². The molecule has 4 heteroatoms. The Kier molecular flexibility index (Phi) is 7.51. The SMILES string of the molecule is CCCCCCOC(=O)Cc1cc(C(C)=O)ccc1OC. The summed E-state index contributed by atoms with van der Waals surface area (Å²) < 4.78 is 10.4. The van der Waals surface area contributed by atoms with Crippen LogP contribution in [0.1, 0.15) is 55.5 Å². The van der Waals surface area contributed by atoms with E-state index in [1.807, 2.05) is 0 Å². The molecule has 0 aliphatic carbocycles. The molecule has 0 N–H and O–H groups in total. The highest BCUT2D eigenvalue weighted by molar-refractivity contribution is 5.94. The molecule has 0 amide bonds. The van der Waals surface area contributed by atoms with Crippen LogP contribution < -0.4 is 4.74 Å². The second-order valence-electron chi connectivity index (χ2n) is 5.04. The second-order valence-corrected chi connectivity index (χ2v) is 5.04. The van der Waals surface area contributed by atoms with E-state index < -0.39 is 0 Å². The Bertz CT molecular complexity index is 480. The average Bonchev–Trinajstić information content (AvgIpc) is 2.46. The number of methoxy groups -OCH3 is 1. The maximum absolute atomic E-state index is 11.8. The van der Waals surface area contributed by atoms with Gasteiger partial charge < -0.3 is 9.47 Å². The number of unbranched alkanes of at least 4 members (excludes halogenated alkanes) is 3. The van der Waals surface area contributed by atoms with Crippen molar-refractivity contribution in [1.82, 2.24) is 0 Å². The summed E-state index contributed by atoms with van der Waals surface area (Å²) in [7, 11) is 1.54. The first-order valence-electron chi connectivity index (χ1n) is 7.42. The van der Waals surface area contributed by atoms with Gasteiger partial charge in [-0.3, -0.25) is 9.59 Å². The number of rotatable bonds is 9. The second kappa shape index (κ2) is 9.16. The van der Waals surface area contributed by atoms with Crippen LogP contribution in [0.2, 0.25) is 0 Å². The number of esters is 1. The molecule has 0 fully saturated rings. The van der Waals surface area contributed by atoms with Gasteiger partial charge in [-0.25, -0.2) is 0 Å². The third-order valence-electron chi connectivity index (χ3n) is 3.28. The molecule has 4 nitrogen and oxygen atoms in total. The Morgan fingerprint density at radius 3 is 2.52 bits per heavy atom. The minimum atomic E-state index is -0.287. The number of carbonyl (C=O) groups excluding carboxylic acids is 2. The normalized spacial score (nSPS) is 10.2. The number of hydrogen-bond acceptors (Lipinski definition) is 4. The quantitative estimate of drug-likeness (QED) is 0.397. The summed E-state index contributed by atoms with van der Waals surface area (Å²) >= 11 is 0. The highest BCUT2D eigenvalue weighted by Crippen LogP contribution is 2.21. The van der Waals surface area contributed by atoms with Gasteiger partial charge in [-0.2, -0.15) is 0 Å². The molecule has 1 rings (SSSR count). The molecule has 0 aliphatic rings. The first-order valence-corrected chi connectivity index (χ1v) is 7.42. The number of benzene rings is 1. The molecule has 1 aromatic carbocycles. The van der Waals surface area contributed by atoms with E-state index in [2.05, 4.69) is 6.92 Å². The Balaban J connectivity index is 2.57.